The zero-order valence-electron chi connectivity index (χ0n) is 5.75. The summed E-state index contributed by atoms with van der Waals surface area (Å²) in [4.78, 5) is 13.7. The van der Waals surface area contributed by atoms with Crippen molar-refractivity contribution < 1.29 is 9.18 Å². The summed E-state index contributed by atoms with van der Waals surface area (Å²) >= 11 is 0. The van der Waals surface area contributed by atoms with Gasteiger partial charge in [-0.3, -0.25) is 4.79 Å². The van der Waals surface area contributed by atoms with Crippen LogP contribution in [0.15, 0.2) is 18.8 Å². The normalized spacial score (nSPS) is 9.18. The summed E-state index contributed by atoms with van der Waals surface area (Å²) in [5.41, 5.74) is 0.814. The first kappa shape index (κ1) is 7.60. The number of aldehydes is 1. The SMILES string of the molecule is C=Cc1cnc(F)cc1C=O. The standard InChI is InChI=1S/C8H6FNO/c1-2-6-4-10-8(9)3-7(6)5-11/h2-5H,1H2. The second kappa shape index (κ2) is 3.05. The van der Waals surface area contributed by atoms with Gasteiger partial charge in [0.25, 0.3) is 0 Å². The molecule has 56 valence electrons. The molecule has 0 radical (unpaired) electrons. The minimum atomic E-state index is -0.655. The quantitative estimate of drug-likeness (QED) is 0.475. The van der Waals surface area contributed by atoms with Crippen LogP contribution in [-0.4, -0.2) is 11.3 Å². The Morgan fingerprint density at radius 2 is 2.27 bits per heavy atom. The number of halogens is 1. The molecule has 0 saturated heterocycles. The van der Waals surface area contributed by atoms with Gasteiger partial charge in [0.2, 0.25) is 5.95 Å². The number of aromatic nitrogens is 1. The largest absolute Gasteiger partial charge is 0.298 e. The maximum absolute atomic E-state index is 12.4. The van der Waals surface area contributed by atoms with Crippen molar-refractivity contribution in [2.75, 3.05) is 0 Å². The summed E-state index contributed by atoms with van der Waals surface area (Å²) in [6, 6.07) is 1.07. The van der Waals surface area contributed by atoms with Gasteiger partial charge in [-0.1, -0.05) is 12.7 Å². The van der Waals surface area contributed by atoms with Gasteiger partial charge in [-0.25, -0.2) is 4.98 Å². The van der Waals surface area contributed by atoms with Crippen molar-refractivity contribution in [1.82, 2.24) is 4.98 Å². The monoisotopic (exact) mass is 151 g/mol. The fourth-order valence-electron chi connectivity index (χ4n) is 0.727. The van der Waals surface area contributed by atoms with Crippen LogP contribution in [0.25, 0.3) is 6.08 Å². The fraction of sp³-hybridized carbons (Fsp3) is 0. The topological polar surface area (TPSA) is 30.0 Å². The highest BCUT2D eigenvalue weighted by molar-refractivity contribution is 5.80. The zero-order valence-corrected chi connectivity index (χ0v) is 5.75. The van der Waals surface area contributed by atoms with Crippen LogP contribution in [0.1, 0.15) is 15.9 Å². The number of hydrogen-bond acceptors (Lipinski definition) is 2. The molecule has 0 bridgehead atoms. The van der Waals surface area contributed by atoms with Gasteiger partial charge >= 0.3 is 0 Å². The molecule has 0 unspecified atom stereocenters. The molecule has 0 aromatic carbocycles. The molecule has 0 N–H and O–H groups in total. The van der Waals surface area contributed by atoms with Crippen LogP contribution in [0.4, 0.5) is 4.39 Å². The second-order valence-electron chi connectivity index (χ2n) is 1.96. The molecule has 0 fully saturated rings. The van der Waals surface area contributed by atoms with E-state index in [4.69, 9.17) is 0 Å². The lowest BCUT2D eigenvalue weighted by Crippen LogP contribution is -1.90. The maximum atomic E-state index is 12.4. The summed E-state index contributed by atoms with van der Waals surface area (Å²) in [6.45, 7) is 3.45. The summed E-state index contributed by atoms with van der Waals surface area (Å²) in [7, 11) is 0. The van der Waals surface area contributed by atoms with Gasteiger partial charge in [-0.05, 0) is 0 Å². The minimum Gasteiger partial charge on any atom is -0.298 e. The zero-order chi connectivity index (χ0) is 8.27. The van der Waals surface area contributed by atoms with Gasteiger partial charge in [0.1, 0.15) is 0 Å². The van der Waals surface area contributed by atoms with Crippen molar-refractivity contribution in [3.05, 3.63) is 35.9 Å². The molecule has 1 rings (SSSR count). The fourth-order valence-corrected chi connectivity index (χ4v) is 0.727. The molecule has 0 saturated carbocycles. The summed E-state index contributed by atoms with van der Waals surface area (Å²) in [5, 5.41) is 0. The molecule has 1 aromatic rings. The van der Waals surface area contributed by atoms with Crippen molar-refractivity contribution in [2.24, 2.45) is 0 Å². The Labute approximate surface area is 63.4 Å². The average Bonchev–Trinajstić information content (AvgIpc) is 2.04. The van der Waals surface area contributed by atoms with Crippen molar-refractivity contribution in [3.63, 3.8) is 0 Å². The molecule has 0 atom stereocenters. The van der Waals surface area contributed by atoms with Crippen LogP contribution in [0.2, 0.25) is 0 Å². The molecule has 0 aliphatic heterocycles. The van der Waals surface area contributed by atoms with E-state index in [2.05, 4.69) is 11.6 Å². The highest BCUT2D eigenvalue weighted by atomic mass is 19.1. The number of nitrogens with zero attached hydrogens (tertiary/aromatic N) is 1. The second-order valence-corrected chi connectivity index (χ2v) is 1.96. The molecule has 0 aliphatic rings. The minimum absolute atomic E-state index is 0.271. The van der Waals surface area contributed by atoms with E-state index in [-0.39, 0.29) is 5.56 Å². The summed E-state index contributed by atoms with van der Waals surface area (Å²) in [6.07, 6.45) is 3.30. The molecule has 0 aliphatic carbocycles. The lowest BCUT2D eigenvalue weighted by Gasteiger charge is -1.95. The Kier molecular flexibility index (Phi) is 2.11. The molecule has 0 spiro atoms. The van der Waals surface area contributed by atoms with Gasteiger partial charge in [0.15, 0.2) is 6.29 Å². The molecule has 2 nitrogen and oxygen atoms in total. The molecule has 1 heterocycles. The van der Waals surface area contributed by atoms with E-state index in [0.717, 1.165) is 6.07 Å². The first-order valence-electron chi connectivity index (χ1n) is 3.01. The molecule has 11 heavy (non-hydrogen) atoms. The van der Waals surface area contributed by atoms with Gasteiger partial charge < -0.3 is 0 Å². The Bertz CT molecular complexity index is 296. The number of carbonyl (C=O) groups is 1. The predicted octanol–water partition coefficient (Wildman–Crippen LogP) is 1.68. The Morgan fingerprint density at radius 1 is 1.55 bits per heavy atom. The van der Waals surface area contributed by atoms with Crippen LogP contribution >= 0.6 is 0 Å². The van der Waals surface area contributed by atoms with E-state index in [1.165, 1.54) is 12.3 Å². The average molecular weight is 151 g/mol. The van der Waals surface area contributed by atoms with Gasteiger partial charge in [0, 0.05) is 23.4 Å². The van der Waals surface area contributed by atoms with Crippen LogP contribution < -0.4 is 0 Å². The maximum Gasteiger partial charge on any atom is 0.213 e. The Hall–Kier alpha value is -1.51. The first-order chi connectivity index (χ1) is 5.27. The predicted molar refractivity (Wildman–Crippen MR) is 39.7 cm³/mol. The van der Waals surface area contributed by atoms with E-state index >= 15 is 0 Å². The van der Waals surface area contributed by atoms with E-state index < -0.39 is 5.95 Å². The lowest BCUT2D eigenvalue weighted by molar-refractivity contribution is 0.112. The number of pyridine rings is 1. The van der Waals surface area contributed by atoms with Crippen molar-refractivity contribution >= 4 is 12.4 Å². The first-order valence-corrected chi connectivity index (χ1v) is 3.01. The van der Waals surface area contributed by atoms with Crippen molar-refractivity contribution in [2.45, 2.75) is 0 Å². The van der Waals surface area contributed by atoms with Gasteiger partial charge in [0.05, 0.1) is 0 Å². The molecule has 0 amide bonds. The Balaban J connectivity index is 3.26. The van der Waals surface area contributed by atoms with Crippen LogP contribution in [0.5, 0.6) is 0 Å². The number of hydrogen-bond donors (Lipinski definition) is 0. The lowest BCUT2D eigenvalue weighted by atomic mass is 10.1. The third-order valence-corrected chi connectivity index (χ3v) is 1.28. The van der Waals surface area contributed by atoms with Crippen LogP contribution in [-0.2, 0) is 0 Å². The van der Waals surface area contributed by atoms with E-state index in [1.54, 1.807) is 0 Å². The third-order valence-electron chi connectivity index (χ3n) is 1.28. The van der Waals surface area contributed by atoms with E-state index in [1.807, 2.05) is 0 Å². The third kappa shape index (κ3) is 1.49. The Morgan fingerprint density at radius 3 is 2.82 bits per heavy atom. The van der Waals surface area contributed by atoms with E-state index in [9.17, 15) is 9.18 Å². The molecular weight excluding hydrogens is 145 g/mol. The molecular formula is C8H6FNO. The number of carbonyl (C=O) groups excluding carboxylic acids is 1. The summed E-state index contributed by atoms with van der Waals surface area (Å²) in [5.74, 6) is -0.655. The van der Waals surface area contributed by atoms with Gasteiger partial charge in [-0.15, -0.1) is 0 Å². The number of rotatable bonds is 2. The summed E-state index contributed by atoms with van der Waals surface area (Å²) < 4.78 is 12.4. The molecule has 1 aromatic heterocycles. The van der Waals surface area contributed by atoms with Crippen molar-refractivity contribution in [1.29, 1.82) is 0 Å². The highest BCUT2D eigenvalue weighted by Crippen LogP contribution is 2.06. The highest BCUT2D eigenvalue weighted by Gasteiger charge is 1.99. The van der Waals surface area contributed by atoms with Gasteiger partial charge in [-0.2, -0.15) is 4.39 Å². The molecule has 3 heteroatoms. The smallest absolute Gasteiger partial charge is 0.213 e. The van der Waals surface area contributed by atoms with Crippen LogP contribution in [0, 0.1) is 5.95 Å². The van der Waals surface area contributed by atoms with Crippen LogP contribution in [0.3, 0.4) is 0 Å². The van der Waals surface area contributed by atoms with Crippen molar-refractivity contribution in [3.8, 4) is 0 Å². The van der Waals surface area contributed by atoms with E-state index in [0.29, 0.717) is 11.8 Å².